The Morgan fingerprint density at radius 2 is 1.62 bits per heavy atom. The summed E-state index contributed by atoms with van der Waals surface area (Å²) < 4.78 is 16.0. The number of carbonyl (C=O) groups is 2. The zero-order valence-electron chi connectivity index (χ0n) is 17.2. The van der Waals surface area contributed by atoms with E-state index in [0.717, 1.165) is 5.56 Å². The van der Waals surface area contributed by atoms with Crippen LogP contribution in [0.25, 0.3) is 12.2 Å². The van der Waals surface area contributed by atoms with Crippen molar-refractivity contribution >= 4 is 30.0 Å². The minimum Gasteiger partial charge on any atom is -0.493 e. The third-order valence-electron chi connectivity index (χ3n) is 4.55. The van der Waals surface area contributed by atoms with Gasteiger partial charge in [-0.1, -0.05) is 54.6 Å². The van der Waals surface area contributed by atoms with E-state index in [1.54, 1.807) is 30.4 Å². The van der Waals surface area contributed by atoms with Crippen LogP contribution in [0, 0.1) is 0 Å². The third kappa shape index (κ3) is 4.99. The first kappa shape index (κ1) is 20.8. The Kier molecular flexibility index (Phi) is 6.22. The fraction of sp³-hybridized carbons (Fsp3) is 0.0385. The molecule has 6 nitrogen and oxygen atoms in total. The van der Waals surface area contributed by atoms with E-state index in [9.17, 15) is 9.59 Å². The number of ether oxygens (including phenoxy) is 3. The molecular weight excluding hydrogens is 406 g/mol. The first-order chi connectivity index (χ1) is 15.6. The summed E-state index contributed by atoms with van der Waals surface area (Å²) in [6.45, 7) is 0. The molecule has 1 heterocycles. The molecule has 0 aliphatic carbocycles. The van der Waals surface area contributed by atoms with Gasteiger partial charge in [-0.2, -0.15) is 0 Å². The van der Waals surface area contributed by atoms with Crippen LogP contribution < -0.4 is 9.47 Å². The van der Waals surface area contributed by atoms with Crippen LogP contribution in [0.5, 0.6) is 11.5 Å². The fourth-order valence-corrected chi connectivity index (χ4v) is 3.00. The maximum absolute atomic E-state index is 12.2. The Morgan fingerprint density at radius 1 is 0.906 bits per heavy atom. The van der Waals surface area contributed by atoms with Crippen LogP contribution in [-0.4, -0.2) is 24.9 Å². The molecule has 0 saturated carbocycles. The second-order valence-electron chi connectivity index (χ2n) is 6.78. The lowest BCUT2D eigenvalue weighted by molar-refractivity contribution is -0.130. The van der Waals surface area contributed by atoms with Crippen molar-refractivity contribution in [3.8, 4) is 11.5 Å². The summed E-state index contributed by atoms with van der Waals surface area (Å²) in [4.78, 5) is 28.7. The number of hydrogen-bond donors (Lipinski definition) is 0. The molecule has 0 N–H and O–H groups in total. The minimum atomic E-state index is -0.538. The monoisotopic (exact) mass is 425 g/mol. The predicted molar refractivity (Wildman–Crippen MR) is 121 cm³/mol. The first-order valence-electron chi connectivity index (χ1n) is 9.83. The van der Waals surface area contributed by atoms with Crippen molar-refractivity contribution in [2.75, 3.05) is 7.11 Å². The van der Waals surface area contributed by atoms with E-state index in [1.165, 1.54) is 13.2 Å². The van der Waals surface area contributed by atoms with Crippen molar-refractivity contribution in [1.29, 1.82) is 0 Å². The summed E-state index contributed by atoms with van der Waals surface area (Å²) >= 11 is 0. The molecule has 0 aromatic heterocycles. The first-order valence-corrected chi connectivity index (χ1v) is 9.83. The van der Waals surface area contributed by atoms with Crippen molar-refractivity contribution in [2.24, 2.45) is 4.99 Å². The molecule has 158 valence electrons. The van der Waals surface area contributed by atoms with Gasteiger partial charge in [-0.05, 0) is 47.5 Å². The molecule has 0 radical (unpaired) electrons. The van der Waals surface area contributed by atoms with Gasteiger partial charge in [0.25, 0.3) is 0 Å². The minimum absolute atomic E-state index is 0.168. The van der Waals surface area contributed by atoms with Crippen LogP contribution in [0.3, 0.4) is 0 Å². The van der Waals surface area contributed by atoms with E-state index in [2.05, 4.69) is 4.99 Å². The zero-order valence-corrected chi connectivity index (χ0v) is 17.2. The maximum Gasteiger partial charge on any atom is 0.363 e. The Balaban J connectivity index is 1.51. The largest absolute Gasteiger partial charge is 0.493 e. The van der Waals surface area contributed by atoms with Gasteiger partial charge in [-0.3, -0.25) is 0 Å². The van der Waals surface area contributed by atoms with Crippen molar-refractivity contribution in [3.05, 3.63) is 107 Å². The average Bonchev–Trinajstić information content (AvgIpc) is 3.20. The topological polar surface area (TPSA) is 74.2 Å². The Morgan fingerprint density at radius 3 is 2.34 bits per heavy atom. The molecule has 1 aliphatic heterocycles. The Hall–Kier alpha value is -4.45. The van der Waals surface area contributed by atoms with Gasteiger partial charge < -0.3 is 14.2 Å². The molecule has 0 amide bonds. The molecule has 0 spiro atoms. The highest BCUT2D eigenvalue weighted by molar-refractivity contribution is 6.12. The Bertz CT molecular complexity index is 1230. The van der Waals surface area contributed by atoms with Crippen molar-refractivity contribution in [2.45, 2.75) is 0 Å². The molecule has 0 fully saturated rings. The molecular formula is C26H19NO5. The summed E-state index contributed by atoms with van der Waals surface area (Å²) in [5.41, 5.74) is 2.41. The number of hydrogen-bond acceptors (Lipinski definition) is 6. The van der Waals surface area contributed by atoms with Crippen LogP contribution in [0.15, 0.2) is 95.6 Å². The molecule has 0 bridgehead atoms. The highest BCUT2D eigenvalue weighted by Gasteiger charge is 2.24. The third-order valence-corrected chi connectivity index (χ3v) is 4.55. The van der Waals surface area contributed by atoms with Crippen LogP contribution in [0.4, 0.5) is 0 Å². The summed E-state index contributed by atoms with van der Waals surface area (Å²) in [6.07, 6.45) is 4.60. The zero-order chi connectivity index (χ0) is 22.3. The molecule has 32 heavy (non-hydrogen) atoms. The number of methoxy groups -OCH3 is 1. The molecule has 0 atom stereocenters. The second-order valence-corrected chi connectivity index (χ2v) is 6.78. The summed E-state index contributed by atoms with van der Waals surface area (Å²) in [6, 6.07) is 23.6. The van der Waals surface area contributed by atoms with E-state index in [4.69, 9.17) is 14.2 Å². The summed E-state index contributed by atoms with van der Waals surface area (Å²) in [5.74, 6) is -0.206. The fourth-order valence-electron chi connectivity index (χ4n) is 3.00. The van der Waals surface area contributed by atoms with Gasteiger partial charge in [0.15, 0.2) is 17.2 Å². The number of cyclic esters (lactones) is 1. The number of benzene rings is 3. The van der Waals surface area contributed by atoms with Crippen LogP contribution in [0.1, 0.15) is 16.7 Å². The van der Waals surface area contributed by atoms with E-state index < -0.39 is 11.9 Å². The van der Waals surface area contributed by atoms with Crippen LogP contribution in [0.2, 0.25) is 0 Å². The lowest BCUT2D eigenvalue weighted by Gasteiger charge is -2.08. The number of rotatable bonds is 6. The molecule has 4 rings (SSSR count). The molecule has 0 saturated heterocycles. The highest BCUT2D eigenvalue weighted by atomic mass is 16.6. The quantitative estimate of drug-likeness (QED) is 0.326. The lowest BCUT2D eigenvalue weighted by atomic mass is 10.1. The van der Waals surface area contributed by atoms with Gasteiger partial charge >= 0.3 is 11.9 Å². The van der Waals surface area contributed by atoms with Gasteiger partial charge in [0.05, 0.1) is 7.11 Å². The van der Waals surface area contributed by atoms with E-state index >= 15 is 0 Å². The number of carbonyl (C=O) groups excluding carboxylic acids is 2. The van der Waals surface area contributed by atoms with E-state index in [-0.39, 0.29) is 17.3 Å². The van der Waals surface area contributed by atoms with Crippen molar-refractivity contribution < 1.29 is 23.8 Å². The molecule has 0 unspecified atom stereocenters. The predicted octanol–water partition coefficient (Wildman–Crippen LogP) is 4.66. The number of aliphatic imine (C=N–C) groups is 1. The summed E-state index contributed by atoms with van der Waals surface area (Å²) in [5, 5.41) is 0. The van der Waals surface area contributed by atoms with Gasteiger partial charge in [-0.25, -0.2) is 14.6 Å². The van der Waals surface area contributed by atoms with Crippen LogP contribution in [-0.2, 0) is 14.3 Å². The normalized spacial score (nSPS) is 14.3. The molecule has 1 aliphatic rings. The van der Waals surface area contributed by atoms with Gasteiger partial charge in [-0.15, -0.1) is 0 Å². The van der Waals surface area contributed by atoms with Gasteiger partial charge in [0.1, 0.15) is 0 Å². The van der Waals surface area contributed by atoms with E-state index in [1.807, 2.05) is 60.7 Å². The van der Waals surface area contributed by atoms with E-state index in [0.29, 0.717) is 16.9 Å². The van der Waals surface area contributed by atoms with Gasteiger partial charge in [0, 0.05) is 11.6 Å². The Labute approximate surface area is 185 Å². The number of nitrogens with zero attached hydrogens (tertiary/aromatic N) is 1. The molecule has 3 aromatic carbocycles. The lowest BCUT2D eigenvalue weighted by Crippen LogP contribution is -2.05. The average molecular weight is 425 g/mol. The highest BCUT2D eigenvalue weighted by Crippen LogP contribution is 2.30. The number of esters is 2. The molecule has 3 aromatic rings. The smallest absolute Gasteiger partial charge is 0.363 e. The maximum atomic E-state index is 12.2. The second kappa shape index (κ2) is 9.57. The van der Waals surface area contributed by atoms with Crippen molar-refractivity contribution in [3.63, 3.8) is 0 Å². The van der Waals surface area contributed by atoms with Crippen molar-refractivity contribution in [1.82, 2.24) is 0 Å². The standard InChI is InChI=1S/C26H19NO5/c1-30-23-17-19(16-21-26(29)32-25(27-21)20-10-6-3-7-11-20)12-14-22(23)31-24(28)15-13-18-8-4-2-5-9-18/h2-17H,1H3/b15-13+,21-16-. The molecule has 6 heteroatoms. The van der Waals surface area contributed by atoms with Crippen LogP contribution >= 0.6 is 0 Å². The SMILES string of the molecule is COc1cc(/C=C2\N=C(c3ccccc3)OC2=O)ccc1OC(=O)/C=C/c1ccccc1. The summed E-state index contributed by atoms with van der Waals surface area (Å²) in [7, 11) is 1.47. The van der Waals surface area contributed by atoms with Gasteiger partial charge in [0.2, 0.25) is 5.90 Å².